The predicted molar refractivity (Wildman–Crippen MR) is 143 cm³/mol. The Morgan fingerprint density at radius 3 is 2.66 bits per heavy atom. The molecule has 1 fully saturated rings. The molecule has 0 spiro atoms. The number of rotatable bonds is 11. The summed E-state index contributed by atoms with van der Waals surface area (Å²) < 4.78 is 76.4. The first-order valence-corrected chi connectivity index (χ1v) is 14.4. The largest absolute Gasteiger partial charge is 0.463 e. The first-order valence-electron chi connectivity index (χ1n) is 13.2. The number of benzene rings is 1. The standard InChI is InChI=1S/C25H32F2N5O8P/c1-13(2)37-22(35)14(3)10-41(36,40-16-8-6-5-7-9-16)39-15(4)18-19(33)25(27,11-26)23(38-18)32-12-29-17-20(32)30-24(28)31-21(17)34/h5-9,12-15,18-19,23,33H,10-11H2,1-4H3,(H3,28,30,31,34)/t14-,15?,18-,19+,23-,25?,41?/m1/s1/i15D. The van der Waals surface area contributed by atoms with Gasteiger partial charge in [-0.15, -0.1) is 0 Å². The maximum atomic E-state index is 16.1. The number of aromatic amines is 1. The van der Waals surface area contributed by atoms with Crippen molar-refractivity contribution in [2.45, 2.75) is 64.0 Å². The molecule has 4 N–H and O–H groups in total. The number of aliphatic hydroxyl groups is 1. The fraction of sp³-hybridized carbons (Fsp3) is 0.520. The number of nitrogens with zero attached hydrogens (tertiary/aromatic N) is 3. The topological polar surface area (TPSA) is 181 Å². The number of carbonyl (C=O) groups is 1. The van der Waals surface area contributed by atoms with Crippen LogP contribution in [0.25, 0.3) is 11.2 Å². The lowest BCUT2D eigenvalue weighted by Crippen LogP contribution is -2.47. The van der Waals surface area contributed by atoms with E-state index in [1.807, 2.05) is 0 Å². The lowest BCUT2D eigenvalue weighted by atomic mass is 9.95. The van der Waals surface area contributed by atoms with Gasteiger partial charge in [0.05, 0.1) is 32.0 Å². The van der Waals surface area contributed by atoms with Crippen LogP contribution < -0.4 is 15.8 Å². The third kappa shape index (κ3) is 6.27. The zero-order valence-corrected chi connectivity index (χ0v) is 23.6. The van der Waals surface area contributed by atoms with Gasteiger partial charge < -0.3 is 24.8 Å². The van der Waals surface area contributed by atoms with E-state index in [-0.39, 0.29) is 22.9 Å². The minimum Gasteiger partial charge on any atom is -0.463 e. The van der Waals surface area contributed by atoms with Crippen LogP contribution in [0.5, 0.6) is 5.75 Å². The van der Waals surface area contributed by atoms with Gasteiger partial charge in [0, 0.05) is 0 Å². The number of anilines is 1. The van der Waals surface area contributed by atoms with E-state index < -0.39 is 74.2 Å². The second-order valence-electron chi connectivity index (χ2n) is 9.98. The molecule has 3 unspecified atom stereocenters. The second-order valence-corrected chi connectivity index (χ2v) is 11.9. The predicted octanol–water partition coefficient (Wildman–Crippen LogP) is 2.90. The molecule has 224 valence electrons. The molecular formula is C25H32F2N5O8P. The van der Waals surface area contributed by atoms with E-state index in [0.29, 0.717) is 0 Å². The summed E-state index contributed by atoms with van der Waals surface area (Å²) in [6.07, 6.45) is -8.93. The maximum Gasteiger partial charge on any atom is 0.380 e. The summed E-state index contributed by atoms with van der Waals surface area (Å²) in [6.45, 7) is 3.92. The minimum absolute atomic E-state index is 0.0780. The fourth-order valence-electron chi connectivity index (χ4n) is 4.36. The lowest BCUT2D eigenvalue weighted by Gasteiger charge is -2.29. The number of hydrogen-bond acceptors (Lipinski definition) is 11. The lowest BCUT2D eigenvalue weighted by molar-refractivity contribution is -0.151. The number of carbonyl (C=O) groups excluding carboxylic acids is 1. The summed E-state index contributed by atoms with van der Waals surface area (Å²) in [5.41, 5.74) is 1.12. The van der Waals surface area contributed by atoms with Crippen molar-refractivity contribution in [2.75, 3.05) is 18.6 Å². The second kappa shape index (κ2) is 11.8. The highest BCUT2D eigenvalue weighted by atomic mass is 31.2. The number of para-hydroxylation sites is 1. The van der Waals surface area contributed by atoms with Crippen LogP contribution in [0.4, 0.5) is 14.7 Å². The monoisotopic (exact) mass is 600 g/mol. The van der Waals surface area contributed by atoms with Crippen LogP contribution >= 0.6 is 7.60 Å². The number of hydrogen-bond donors (Lipinski definition) is 3. The number of fused-ring (bicyclic) bond motifs is 1. The third-order valence-corrected chi connectivity index (χ3v) is 8.35. The van der Waals surface area contributed by atoms with Gasteiger partial charge in [-0.3, -0.25) is 23.7 Å². The van der Waals surface area contributed by atoms with Gasteiger partial charge >= 0.3 is 13.6 Å². The number of H-pyrrole nitrogens is 1. The highest BCUT2D eigenvalue weighted by molar-refractivity contribution is 7.54. The molecule has 1 aliphatic rings. The summed E-state index contributed by atoms with van der Waals surface area (Å²) in [6, 6.07) is 7.78. The van der Waals surface area contributed by atoms with E-state index in [4.69, 9.17) is 25.6 Å². The number of aliphatic hydroxyl groups excluding tert-OH is 1. The summed E-state index contributed by atoms with van der Waals surface area (Å²) in [4.78, 5) is 34.7. The summed E-state index contributed by atoms with van der Waals surface area (Å²) in [5.74, 6) is -2.00. The number of nitrogens with one attached hydrogen (secondary N) is 1. The minimum atomic E-state index is -4.47. The molecule has 0 aliphatic carbocycles. The zero-order valence-electron chi connectivity index (χ0n) is 23.7. The molecule has 16 heteroatoms. The Bertz CT molecular complexity index is 1540. The molecule has 0 radical (unpaired) electrons. The molecule has 3 aromatic rings. The van der Waals surface area contributed by atoms with Crippen LogP contribution in [-0.4, -0.2) is 73.5 Å². The Morgan fingerprint density at radius 2 is 2.02 bits per heavy atom. The van der Waals surface area contributed by atoms with Crippen LogP contribution in [0.1, 0.15) is 35.3 Å². The van der Waals surface area contributed by atoms with Crippen LogP contribution in [0.15, 0.2) is 41.5 Å². The Kier molecular flexibility index (Phi) is 8.41. The van der Waals surface area contributed by atoms with Crippen molar-refractivity contribution < 1.29 is 43.1 Å². The van der Waals surface area contributed by atoms with Gasteiger partial charge in [0.1, 0.15) is 24.6 Å². The van der Waals surface area contributed by atoms with Crippen LogP contribution in [0.2, 0.25) is 0 Å². The first-order chi connectivity index (χ1) is 19.6. The van der Waals surface area contributed by atoms with Gasteiger partial charge in [-0.05, 0) is 32.9 Å². The molecule has 41 heavy (non-hydrogen) atoms. The Balaban J connectivity index is 1.68. The quantitative estimate of drug-likeness (QED) is 0.217. The van der Waals surface area contributed by atoms with Crippen molar-refractivity contribution in [3.8, 4) is 5.75 Å². The molecule has 1 aromatic carbocycles. The Labute approximate surface area is 234 Å². The van der Waals surface area contributed by atoms with Gasteiger partial charge in [-0.1, -0.05) is 25.1 Å². The van der Waals surface area contributed by atoms with Gasteiger partial charge in [-0.2, -0.15) is 4.98 Å². The van der Waals surface area contributed by atoms with E-state index in [1.54, 1.807) is 32.0 Å². The van der Waals surface area contributed by atoms with Crippen molar-refractivity contribution in [2.24, 2.45) is 5.92 Å². The molecule has 2 aromatic heterocycles. The van der Waals surface area contributed by atoms with Crippen molar-refractivity contribution in [3.05, 3.63) is 47.0 Å². The van der Waals surface area contributed by atoms with E-state index in [9.17, 15) is 23.7 Å². The van der Waals surface area contributed by atoms with Crippen LogP contribution in [0.3, 0.4) is 0 Å². The normalized spacial score (nSPS) is 26.7. The van der Waals surface area contributed by atoms with Crippen molar-refractivity contribution in [1.82, 2.24) is 19.5 Å². The van der Waals surface area contributed by atoms with Crippen molar-refractivity contribution >= 4 is 30.7 Å². The number of alkyl halides is 2. The molecule has 1 aliphatic heterocycles. The van der Waals surface area contributed by atoms with Gasteiger partial charge in [0.15, 0.2) is 17.4 Å². The first kappa shape index (κ1) is 29.1. The fourth-order valence-corrected chi connectivity index (χ4v) is 6.36. The molecular weight excluding hydrogens is 567 g/mol. The number of imidazole rings is 1. The van der Waals surface area contributed by atoms with Gasteiger partial charge in [0.25, 0.3) is 5.56 Å². The molecule has 3 heterocycles. The van der Waals surface area contributed by atoms with Crippen molar-refractivity contribution in [1.29, 1.82) is 0 Å². The summed E-state index contributed by atoms with van der Waals surface area (Å²) >= 11 is 0. The molecule has 0 saturated carbocycles. The molecule has 1 saturated heterocycles. The number of nitrogens with two attached hydrogens (primary N) is 1. The van der Waals surface area contributed by atoms with E-state index in [2.05, 4.69) is 15.0 Å². The number of aromatic nitrogens is 4. The Morgan fingerprint density at radius 1 is 1.34 bits per heavy atom. The maximum absolute atomic E-state index is 16.1. The summed E-state index contributed by atoms with van der Waals surface area (Å²) in [5, 5.41) is 11.0. The number of halogens is 2. The highest BCUT2D eigenvalue weighted by Gasteiger charge is 2.61. The average molecular weight is 601 g/mol. The number of nitrogen functional groups attached to an aromatic ring is 1. The molecule has 0 amide bonds. The molecule has 13 nitrogen and oxygen atoms in total. The SMILES string of the molecule is [2H]C(C)(OP(=O)(C[C@@H](C)C(=O)OC(C)C)Oc1ccccc1)[C@H]1O[C@@H](n2cnc3c(=O)[nH]c(N)nc32)C(F)(CF)[C@H]1O. The average Bonchev–Trinajstić information content (AvgIpc) is 3.42. The van der Waals surface area contributed by atoms with Crippen molar-refractivity contribution in [3.63, 3.8) is 0 Å². The zero-order chi connectivity index (χ0) is 31.0. The van der Waals surface area contributed by atoms with Crippen LogP contribution in [-0.2, 0) is 23.4 Å². The van der Waals surface area contributed by atoms with Gasteiger partial charge in [0.2, 0.25) is 11.6 Å². The Hall–Kier alpha value is -3.39. The molecule has 0 bridgehead atoms. The van der Waals surface area contributed by atoms with E-state index in [0.717, 1.165) is 17.8 Å². The molecule has 7 atom stereocenters. The van der Waals surface area contributed by atoms with Gasteiger partial charge in [-0.25, -0.2) is 18.3 Å². The number of esters is 1. The smallest absolute Gasteiger partial charge is 0.380 e. The number of ether oxygens (including phenoxy) is 2. The highest BCUT2D eigenvalue weighted by Crippen LogP contribution is 2.53. The van der Waals surface area contributed by atoms with E-state index >= 15 is 4.39 Å². The summed E-state index contributed by atoms with van der Waals surface area (Å²) in [7, 11) is -4.47. The molecule has 4 rings (SSSR count). The van der Waals surface area contributed by atoms with E-state index in [1.165, 1.54) is 19.1 Å². The van der Waals surface area contributed by atoms with Crippen LogP contribution in [0, 0.1) is 5.92 Å². The third-order valence-electron chi connectivity index (χ3n) is 6.30.